The van der Waals surface area contributed by atoms with E-state index in [0.717, 1.165) is 48.4 Å². The zero-order chi connectivity index (χ0) is 15.1. The van der Waals surface area contributed by atoms with Gasteiger partial charge >= 0.3 is 0 Å². The number of aryl methyl sites for hydroxylation is 2. The molecule has 2 aromatic heterocycles. The molecule has 0 saturated carbocycles. The van der Waals surface area contributed by atoms with Crippen LogP contribution in [0.25, 0.3) is 0 Å². The zero-order valence-electron chi connectivity index (χ0n) is 12.2. The predicted octanol–water partition coefficient (Wildman–Crippen LogP) is 2.30. The smallest absolute Gasteiger partial charge is 0.261 e. The van der Waals surface area contributed by atoms with Crippen molar-refractivity contribution in [1.82, 2.24) is 14.9 Å². The standard InChI is InChI=1S/C16H17N3O2S/c20-14-11(9-10-3-1-4-12(10)18-14)16(21)19-7-2-5-13(19)15-17-6-8-22-15/h6,8-9,13H,1-5,7H2,(H,18,20)/t13-/m0/s1. The van der Waals surface area contributed by atoms with Crippen molar-refractivity contribution < 1.29 is 4.79 Å². The average molecular weight is 315 g/mol. The van der Waals surface area contributed by atoms with Gasteiger partial charge in [-0.2, -0.15) is 0 Å². The molecule has 0 aromatic carbocycles. The van der Waals surface area contributed by atoms with E-state index in [9.17, 15) is 9.59 Å². The van der Waals surface area contributed by atoms with E-state index in [4.69, 9.17) is 0 Å². The van der Waals surface area contributed by atoms with Crippen LogP contribution in [0.3, 0.4) is 0 Å². The van der Waals surface area contributed by atoms with Gasteiger partial charge in [-0.15, -0.1) is 11.3 Å². The SMILES string of the molecule is O=C(c1cc2c([nH]c1=O)CCC2)N1CCC[C@H]1c1nccs1. The molecule has 114 valence electrons. The molecule has 3 heterocycles. The Balaban J connectivity index is 1.68. The summed E-state index contributed by atoms with van der Waals surface area (Å²) in [5.74, 6) is -0.159. The summed E-state index contributed by atoms with van der Waals surface area (Å²) in [6, 6.07) is 1.82. The maximum atomic E-state index is 12.9. The van der Waals surface area contributed by atoms with Crippen molar-refractivity contribution in [2.45, 2.75) is 38.1 Å². The van der Waals surface area contributed by atoms with Crippen molar-refractivity contribution in [3.63, 3.8) is 0 Å². The van der Waals surface area contributed by atoms with E-state index in [1.807, 2.05) is 10.3 Å². The summed E-state index contributed by atoms with van der Waals surface area (Å²) in [4.78, 5) is 34.2. The molecule has 0 spiro atoms. The number of nitrogens with zero attached hydrogens (tertiary/aromatic N) is 2. The lowest BCUT2D eigenvalue weighted by Gasteiger charge is -2.23. The monoisotopic (exact) mass is 315 g/mol. The first kappa shape index (κ1) is 13.7. The van der Waals surface area contributed by atoms with Crippen LogP contribution in [0.2, 0.25) is 0 Å². The summed E-state index contributed by atoms with van der Waals surface area (Å²) in [6.07, 6.45) is 6.55. The van der Waals surface area contributed by atoms with Crippen LogP contribution in [0.15, 0.2) is 22.4 Å². The van der Waals surface area contributed by atoms with Gasteiger partial charge < -0.3 is 9.88 Å². The van der Waals surface area contributed by atoms with Gasteiger partial charge in [-0.1, -0.05) is 0 Å². The average Bonchev–Trinajstić information content (AvgIpc) is 3.25. The minimum atomic E-state index is -0.254. The molecule has 1 aliphatic carbocycles. The summed E-state index contributed by atoms with van der Waals surface area (Å²) in [7, 11) is 0. The topological polar surface area (TPSA) is 66.1 Å². The van der Waals surface area contributed by atoms with E-state index < -0.39 is 0 Å². The van der Waals surface area contributed by atoms with Gasteiger partial charge in [-0.25, -0.2) is 4.98 Å². The maximum absolute atomic E-state index is 12.9. The molecular weight excluding hydrogens is 298 g/mol. The second kappa shape index (κ2) is 5.35. The van der Waals surface area contributed by atoms with Crippen LogP contribution in [0.1, 0.15) is 51.9 Å². The van der Waals surface area contributed by atoms with Crippen molar-refractivity contribution in [3.05, 3.63) is 49.8 Å². The van der Waals surface area contributed by atoms with Crippen molar-refractivity contribution in [1.29, 1.82) is 0 Å². The number of likely N-dealkylation sites (tertiary alicyclic amines) is 1. The van der Waals surface area contributed by atoms with Gasteiger partial charge in [0.05, 0.1) is 6.04 Å². The minimum Gasteiger partial charge on any atom is -0.329 e. The molecule has 0 unspecified atom stereocenters. The fourth-order valence-corrected chi connectivity index (χ4v) is 4.28. The largest absolute Gasteiger partial charge is 0.329 e. The lowest BCUT2D eigenvalue weighted by molar-refractivity contribution is 0.0733. The Morgan fingerprint density at radius 1 is 1.36 bits per heavy atom. The van der Waals surface area contributed by atoms with Crippen molar-refractivity contribution >= 4 is 17.2 Å². The second-order valence-corrected chi connectivity index (χ2v) is 6.82. The van der Waals surface area contributed by atoms with Gasteiger partial charge in [0.2, 0.25) is 0 Å². The predicted molar refractivity (Wildman–Crippen MR) is 84.2 cm³/mol. The Morgan fingerprint density at radius 2 is 2.27 bits per heavy atom. The Morgan fingerprint density at radius 3 is 3.09 bits per heavy atom. The highest BCUT2D eigenvalue weighted by molar-refractivity contribution is 7.09. The van der Waals surface area contributed by atoms with Gasteiger partial charge in [-0.3, -0.25) is 9.59 Å². The van der Waals surface area contributed by atoms with Crippen molar-refractivity contribution in [2.24, 2.45) is 0 Å². The lowest BCUT2D eigenvalue weighted by atomic mass is 10.1. The Hall–Kier alpha value is -1.95. The third-order valence-electron chi connectivity index (χ3n) is 4.57. The van der Waals surface area contributed by atoms with Crippen LogP contribution in [-0.2, 0) is 12.8 Å². The first-order valence-corrected chi connectivity index (χ1v) is 8.57. The third kappa shape index (κ3) is 2.18. The van der Waals surface area contributed by atoms with E-state index in [1.165, 1.54) is 0 Å². The molecule has 6 heteroatoms. The van der Waals surface area contributed by atoms with Gasteiger partial charge in [-0.05, 0) is 43.7 Å². The van der Waals surface area contributed by atoms with Crippen molar-refractivity contribution in [2.75, 3.05) is 6.54 Å². The number of amides is 1. The number of thiazole rings is 1. The highest BCUT2D eigenvalue weighted by Gasteiger charge is 2.33. The number of hydrogen-bond acceptors (Lipinski definition) is 4. The number of pyridine rings is 1. The van der Waals surface area contributed by atoms with Crippen LogP contribution in [0.4, 0.5) is 0 Å². The van der Waals surface area contributed by atoms with E-state index in [-0.39, 0.29) is 23.1 Å². The molecule has 22 heavy (non-hydrogen) atoms. The molecular formula is C16H17N3O2S. The van der Waals surface area contributed by atoms with Crippen LogP contribution in [-0.4, -0.2) is 27.3 Å². The normalized spacial score (nSPS) is 20.4. The lowest BCUT2D eigenvalue weighted by Crippen LogP contribution is -2.34. The fraction of sp³-hybridized carbons (Fsp3) is 0.438. The zero-order valence-corrected chi connectivity index (χ0v) is 13.0. The molecule has 1 atom stereocenters. The molecule has 1 aliphatic heterocycles. The number of carbonyl (C=O) groups is 1. The number of rotatable bonds is 2. The van der Waals surface area contributed by atoms with Crippen LogP contribution < -0.4 is 5.56 Å². The number of hydrogen-bond donors (Lipinski definition) is 1. The Kier molecular flexibility index (Phi) is 3.33. The summed E-state index contributed by atoms with van der Waals surface area (Å²) in [5, 5.41) is 2.89. The van der Waals surface area contributed by atoms with Gasteiger partial charge in [0.1, 0.15) is 10.6 Å². The Labute approximate surface area is 132 Å². The number of fused-ring (bicyclic) bond motifs is 1. The van der Waals surface area contributed by atoms with E-state index in [1.54, 1.807) is 23.6 Å². The molecule has 1 amide bonds. The molecule has 4 rings (SSSR count). The fourth-order valence-electron chi connectivity index (χ4n) is 3.49. The molecule has 0 radical (unpaired) electrons. The minimum absolute atomic E-state index is 0.0140. The summed E-state index contributed by atoms with van der Waals surface area (Å²) >= 11 is 1.57. The molecule has 0 bridgehead atoms. The molecule has 1 N–H and O–H groups in total. The van der Waals surface area contributed by atoms with Gasteiger partial charge in [0.25, 0.3) is 11.5 Å². The Bertz CT molecular complexity index is 766. The van der Waals surface area contributed by atoms with Gasteiger partial charge in [0, 0.05) is 23.8 Å². The molecule has 2 aromatic rings. The second-order valence-electron chi connectivity index (χ2n) is 5.90. The number of H-pyrrole nitrogens is 1. The number of nitrogens with one attached hydrogen (secondary N) is 1. The summed E-state index contributed by atoms with van der Waals surface area (Å²) in [5.41, 5.74) is 2.15. The molecule has 1 saturated heterocycles. The summed E-state index contributed by atoms with van der Waals surface area (Å²) in [6.45, 7) is 0.694. The summed E-state index contributed by atoms with van der Waals surface area (Å²) < 4.78 is 0. The molecule has 1 fully saturated rings. The molecule has 2 aliphatic rings. The van der Waals surface area contributed by atoms with E-state index in [2.05, 4.69) is 9.97 Å². The maximum Gasteiger partial charge on any atom is 0.261 e. The quantitative estimate of drug-likeness (QED) is 0.924. The third-order valence-corrected chi connectivity index (χ3v) is 5.45. The highest BCUT2D eigenvalue weighted by atomic mass is 32.1. The number of aromatic amines is 1. The van der Waals surface area contributed by atoms with Crippen LogP contribution in [0.5, 0.6) is 0 Å². The van der Waals surface area contributed by atoms with Crippen LogP contribution >= 0.6 is 11.3 Å². The van der Waals surface area contributed by atoms with E-state index in [0.29, 0.717) is 6.54 Å². The number of aromatic nitrogens is 2. The van der Waals surface area contributed by atoms with Crippen molar-refractivity contribution in [3.8, 4) is 0 Å². The highest BCUT2D eigenvalue weighted by Crippen LogP contribution is 2.34. The number of carbonyl (C=O) groups excluding carboxylic acids is 1. The molecule has 5 nitrogen and oxygen atoms in total. The first-order valence-electron chi connectivity index (χ1n) is 7.69. The van der Waals surface area contributed by atoms with E-state index >= 15 is 0 Å². The van der Waals surface area contributed by atoms with Gasteiger partial charge in [0.15, 0.2) is 0 Å². The first-order chi connectivity index (χ1) is 10.7. The van der Waals surface area contributed by atoms with Crippen LogP contribution in [0, 0.1) is 0 Å².